The van der Waals surface area contributed by atoms with Crippen LogP contribution in [0.25, 0.3) is 0 Å². The van der Waals surface area contributed by atoms with Crippen LogP contribution < -0.4 is 5.32 Å². The Bertz CT molecular complexity index is 485. The largest absolute Gasteiger partial charge is 0.506 e. The minimum absolute atomic E-state index is 0.397. The zero-order chi connectivity index (χ0) is 14.1. The molecule has 2 fully saturated rings. The molecule has 1 heterocycles. The molecule has 0 amide bonds. The second-order valence-corrected chi connectivity index (χ2v) is 8.16. The topological polar surface area (TPSA) is 35.5 Å². The monoisotopic (exact) mass is 498 g/mol. The van der Waals surface area contributed by atoms with E-state index >= 15 is 0 Å². The van der Waals surface area contributed by atoms with Gasteiger partial charge < -0.3 is 10.4 Å². The van der Waals surface area contributed by atoms with Crippen molar-refractivity contribution in [1.82, 2.24) is 10.2 Å². The number of rotatable bonds is 3. The molecular weight excluding hydrogens is 478 g/mol. The lowest BCUT2D eigenvalue weighted by Crippen LogP contribution is -2.47. The number of phenols is 1. The van der Waals surface area contributed by atoms with Gasteiger partial charge in [0, 0.05) is 41.4 Å². The van der Waals surface area contributed by atoms with E-state index in [1.807, 2.05) is 0 Å². The summed E-state index contributed by atoms with van der Waals surface area (Å²) in [5.74, 6) is 1.22. The van der Waals surface area contributed by atoms with Crippen LogP contribution in [-0.4, -0.2) is 36.2 Å². The zero-order valence-electron chi connectivity index (χ0n) is 11.4. The Morgan fingerprint density at radius 3 is 2.50 bits per heavy atom. The molecule has 2 aliphatic rings. The average Bonchev–Trinajstić information content (AvgIpc) is 2.39. The summed E-state index contributed by atoms with van der Waals surface area (Å²) in [6.45, 7) is 4.29. The number of piperazine rings is 1. The average molecular weight is 498 g/mol. The van der Waals surface area contributed by atoms with Gasteiger partial charge in [-0.2, -0.15) is 0 Å². The molecule has 5 heteroatoms. The number of hydrogen-bond donors (Lipinski definition) is 2. The van der Waals surface area contributed by atoms with E-state index in [1.165, 1.54) is 22.8 Å². The first-order valence-corrected chi connectivity index (χ1v) is 9.45. The Labute approximate surface area is 147 Å². The minimum Gasteiger partial charge on any atom is -0.506 e. The van der Waals surface area contributed by atoms with Gasteiger partial charge in [0.05, 0.1) is 3.57 Å². The third kappa shape index (κ3) is 3.10. The predicted molar refractivity (Wildman–Crippen MR) is 98.1 cm³/mol. The zero-order valence-corrected chi connectivity index (χ0v) is 15.7. The molecule has 1 saturated carbocycles. The molecule has 3 nitrogen and oxygen atoms in total. The first kappa shape index (κ1) is 15.3. The number of nitrogens with one attached hydrogen (secondary N) is 1. The van der Waals surface area contributed by atoms with Crippen LogP contribution in [0.5, 0.6) is 5.75 Å². The number of aromatic hydroxyl groups is 1. The molecule has 3 rings (SSSR count). The Morgan fingerprint density at radius 2 is 1.90 bits per heavy atom. The fourth-order valence-electron chi connectivity index (χ4n) is 3.28. The van der Waals surface area contributed by atoms with Gasteiger partial charge in [-0.05, 0) is 76.1 Å². The predicted octanol–water partition coefficient (Wildman–Crippen LogP) is 3.35. The first-order valence-electron chi connectivity index (χ1n) is 7.29. The lowest BCUT2D eigenvalue weighted by Gasteiger charge is -2.43. The summed E-state index contributed by atoms with van der Waals surface area (Å²) >= 11 is 4.61. The lowest BCUT2D eigenvalue weighted by molar-refractivity contribution is 0.0818. The molecule has 20 heavy (non-hydrogen) atoms. The molecule has 1 saturated heterocycles. The third-order valence-corrected chi connectivity index (χ3v) is 5.96. The first-order chi connectivity index (χ1) is 9.66. The Hall–Kier alpha value is 0.400. The van der Waals surface area contributed by atoms with E-state index in [9.17, 15) is 5.11 Å². The van der Waals surface area contributed by atoms with E-state index in [4.69, 9.17) is 0 Å². The van der Waals surface area contributed by atoms with Crippen molar-refractivity contribution in [3.63, 3.8) is 0 Å². The molecule has 0 aromatic heterocycles. The summed E-state index contributed by atoms with van der Waals surface area (Å²) in [7, 11) is 0. The van der Waals surface area contributed by atoms with Crippen molar-refractivity contribution in [1.29, 1.82) is 0 Å². The number of phenolic OH excluding ortho intramolecular Hbond substituents is 1. The molecule has 1 atom stereocenters. The van der Waals surface area contributed by atoms with Gasteiger partial charge in [-0.1, -0.05) is 6.42 Å². The van der Waals surface area contributed by atoms with Crippen molar-refractivity contribution >= 4 is 45.2 Å². The fraction of sp³-hybridized carbons (Fsp3) is 0.600. The Balaban J connectivity index is 1.96. The molecule has 0 spiro atoms. The highest BCUT2D eigenvalue weighted by Gasteiger charge is 2.35. The number of benzene rings is 1. The van der Waals surface area contributed by atoms with E-state index in [0.717, 1.165) is 35.3 Å². The molecule has 1 aromatic rings. The summed E-state index contributed by atoms with van der Waals surface area (Å²) in [6, 6.07) is 4.63. The molecule has 1 aromatic carbocycles. The van der Waals surface area contributed by atoms with Crippen LogP contribution in [0.15, 0.2) is 12.1 Å². The maximum absolute atomic E-state index is 10.5. The van der Waals surface area contributed by atoms with Gasteiger partial charge >= 0.3 is 0 Å². The van der Waals surface area contributed by atoms with Crippen molar-refractivity contribution in [3.05, 3.63) is 24.8 Å². The Kier molecular flexibility index (Phi) is 5.10. The second kappa shape index (κ2) is 6.66. The van der Waals surface area contributed by atoms with E-state index in [0.29, 0.717) is 17.7 Å². The van der Waals surface area contributed by atoms with Gasteiger partial charge in [0.2, 0.25) is 0 Å². The van der Waals surface area contributed by atoms with Crippen LogP contribution in [0.1, 0.15) is 30.9 Å². The van der Waals surface area contributed by atoms with Gasteiger partial charge in [0.1, 0.15) is 5.75 Å². The second-order valence-electron chi connectivity index (χ2n) is 5.75. The highest BCUT2D eigenvalue weighted by Crippen LogP contribution is 2.45. The smallest absolute Gasteiger partial charge is 0.133 e. The molecule has 110 valence electrons. The maximum Gasteiger partial charge on any atom is 0.133 e. The van der Waals surface area contributed by atoms with Crippen LogP contribution in [0.2, 0.25) is 0 Å². The standard InChI is InChI=1S/C15H20I2N2O/c16-11-8-12(15(20)13(17)9-11)14(10-2-1-3-10)19-6-4-18-5-7-19/h8-10,14,18,20H,1-7H2/t14-/m0/s1. The third-order valence-electron chi connectivity index (χ3n) is 4.52. The van der Waals surface area contributed by atoms with Crippen LogP contribution in [0, 0.1) is 13.1 Å². The normalized spacial score (nSPS) is 22.5. The highest BCUT2D eigenvalue weighted by molar-refractivity contribution is 14.1. The SMILES string of the molecule is Oc1c(I)cc(I)cc1[C@H](C1CCC1)N1CCNCC1. The van der Waals surface area contributed by atoms with Crippen molar-refractivity contribution in [3.8, 4) is 5.75 Å². The van der Waals surface area contributed by atoms with E-state index in [1.54, 1.807) is 0 Å². The number of hydrogen-bond acceptors (Lipinski definition) is 3. The van der Waals surface area contributed by atoms with Crippen LogP contribution >= 0.6 is 45.2 Å². The number of halogens is 2. The van der Waals surface area contributed by atoms with Crippen LogP contribution in [0.4, 0.5) is 0 Å². The van der Waals surface area contributed by atoms with E-state index < -0.39 is 0 Å². The summed E-state index contributed by atoms with van der Waals surface area (Å²) in [5.41, 5.74) is 1.15. The molecule has 0 unspecified atom stereocenters. The van der Waals surface area contributed by atoms with Gasteiger partial charge in [-0.15, -0.1) is 0 Å². The highest BCUT2D eigenvalue weighted by atomic mass is 127. The molecular formula is C15H20I2N2O. The van der Waals surface area contributed by atoms with Crippen molar-refractivity contribution in [2.45, 2.75) is 25.3 Å². The van der Waals surface area contributed by atoms with Crippen LogP contribution in [-0.2, 0) is 0 Å². The summed E-state index contributed by atoms with van der Waals surface area (Å²) in [6.07, 6.45) is 3.95. The molecule has 0 bridgehead atoms. The fourth-order valence-corrected chi connectivity index (χ4v) is 5.17. The molecule has 0 radical (unpaired) electrons. The van der Waals surface area contributed by atoms with Crippen molar-refractivity contribution in [2.75, 3.05) is 26.2 Å². The van der Waals surface area contributed by atoms with Crippen molar-refractivity contribution < 1.29 is 5.11 Å². The van der Waals surface area contributed by atoms with E-state index in [-0.39, 0.29) is 0 Å². The quantitative estimate of drug-likeness (QED) is 0.629. The summed E-state index contributed by atoms with van der Waals surface area (Å²) < 4.78 is 2.20. The minimum atomic E-state index is 0.397. The van der Waals surface area contributed by atoms with Crippen LogP contribution in [0.3, 0.4) is 0 Å². The molecule has 1 aliphatic heterocycles. The summed E-state index contributed by atoms with van der Waals surface area (Å²) in [4.78, 5) is 2.57. The van der Waals surface area contributed by atoms with Gasteiger partial charge in [-0.3, -0.25) is 4.90 Å². The van der Waals surface area contributed by atoms with E-state index in [2.05, 4.69) is 67.5 Å². The van der Waals surface area contributed by atoms with Gasteiger partial charge in [0.15, 0.2) is 0 Å². The lowest BCUT2D eigenvalue weighted by atomic mass is 9.76. The maximum atomic E-state index is 10.5. The Morgan fingerprint density at radius 1 is 1.20 bits per heavy atom. The molecule has 2 N–H and O–H groups in total. The number of nitrogens with zero attached hydrogens (tertiary/aromatic N) is 1. The van der Waals surface area contributed by atoms with Crippen molar-refractivity contribution in [2.24, 2.45) is 5.92 Å². The molecule has 1 aliphatic carbocycles. The summed E-state index contributed by atoms with van der Waals surface area (Å²) in [5, 5.41) is 14.0. The van der Waals surface area contributed by atoms with Gasteiger partial charge in [0.25, 0.3) is 0 Å². The van der Waals surface area contributed by atoms with Gasteiger partial charge in [-0.25, -0.2) is 0 Å².